The van der Waals surface area contributed by atoms with Gasteiger partial charge < -0.3 is 15.5 Å². The largest absolute Gasteiger partial charge is 0.370 e. The lowest BCUT2D eigenvalue weighted by Crippen LogP contribution is -2.27. The Labute approximate surface area is 216 Å². The number of aromatic nitrogens is 2. The van der Waals surface area contributed by atoms with Crippen LogP contribution in [-0.2, 0) is 4.79 Å². The molecule has 0 bridgehead atoms. The number of carbonyl (C=O) groups is 1. The molecule has 0 aromatic carbocycles. The minimum atomic E-state index is 0.299. The normalized spacial score (nSPS) is 27.2. The van der Waals surface area contributed by atoms with Crippen LogP contribution >= 0.6 is 0 Å². The summed E-state index contributed by atoms with van der Waals surface area (Å²) in [7, 11) is 0. The molecule has 0 radical (unpaired) electrons. The number of hydrogen-bond donors (Lipinski definition) is 2. The highest BCUT2D eigenvalue weighted by molar-refractivity contribution is 5.82. The molecule has 1 aromatic heterocycles. The number of nitrogens with zero attached hydrogens (tertiary/aromatic N) is 4. The average molecular weight is 493 g/mol. The minimum absolute atomic E-state index is 0.299. The van der Waals surface area contributed by atoms with Gasteiger partial charge in [-0.1, -0.05) is 38.7 Å². The van der Waals surface area contributed by atoms with E-state index >= 15 is 0 Å². The van der Waals surface area contributed by atoms with Crippen molar-refractivity contribution in [3.8, 4) is 0 Å². The number of allylic oxidation sites excluding steroid dienone is 2. The van der Waals surface area contributed by atoms with Gasteiger partial charge in [-0.05, 0) is 68.6 Å². The zero-order valence-electron chi connectivity index (χ0n) is 22.1. The molecule has 4 aliphatic rings. The summed E-state index contributed by atoms with van der Waals surface area (Å²) in [5.41, 5.74) is 2.26. The summed E-state index contributed by atoms with van der Waals surface area (Å²) in [4.78, 5) is 28.1. The minimum Gasteiger partial charge on any atom is -0.370 e. The lowest BCUT2D eigenvalue weighted by Gasteiger charge is -2.28. The molecular formula is C29H44N6O. The quantitative estimate of drug-likeness (QED) is 0.428. The van der Waals surface area contributed by atoms with E-state index in [9.17, 15) is 4.79 Å². The van der Waals surface area contributed by atoms with E-state index < -0.39 is 0 Å². The van der Waals surface area contributed by atoms with Crippen molar-refractivity contribution in [2.75, 3.05) is 36.8 Å². The molecule has 7 nitrogen and oxygen atoms in total. The molecule has 5 rings (SSSR count). The summed E-state index contributed by atoms with van der Waals surface area (Å²) >= 11 is 0. The molecule has 3 fully saturated rings. The van der Waals surface area contributed by atoms with Crippen LogP contribution in [0.25, 0.3) is 0 Å². The van der Waals surface area contributed by atoms with Gasteiger partial charge in [0, 0.05) is 50.6 Å². The highest BCUT2D eigenvalue weighted by Crippen LogP contribution is 2.43. The third-order valence-corrected chi connectivity index (χ3v) is 8.53. The van der Waals surface area contributed by atoms with Crippen LogP contribution < -0.4 is 10.6 Å². The summed E-state index contributed by atoms with van der Waals surface area (Å²) < 4.78 is 0. The molecule has 3 heterocycles. The van der Waals surface area contributed by atoms with Gasteiger partial charge in [-0.25, -0.2) is 4.98 Å². The van der Waals surface area contributed by atoms with E-state index in [0.29, 0.717) is 30.1 Å². The smallest absolute Gasteiger partial charge is 0.229 e. The van der Waals surface area contributed by atoms with Gasteiger partial charge >= 0.3 is 0 Å². The second kappa shape index (κ2) is 12.2. The van der Waals surface area contributed by atoms with Gasteiger partial charge in [0.25, 0.3) is 0 Å². The number of likely N-dealkylation sites (tertiary alicyclic amines) is 1. The SMILES string of the molecule is CC1CCCCC(C2C=C(Nc3ncc(C4CC4)c(NCCCN4CCCC4=O)n3)C=NCC2)CC1. The second-order valence-electron chi connectivity index (χ2n) is 11.5. The first-order valence-electron chi connectivity index (χ1n) is 14.5. The monoisotopic (exact) mass is 492 g/mol. The Morgan fingerprint density at radius 3 is 2.78 bits per heavy atom. The molecule has 2 saturated carbocycles. The maximum atomic E-state index is 11.9. The molecule has 3 atom stereocenters. The maximum absolute atomic E-state index is 11.9. The van der Waals surface area contributed by atoms with Crippen LogP contribution in [0.1, 0.15) is 95.5 Å². The van der Waals surface area contributed by atoms with E-state index in [4.69, 9.17) is 4.98 Å². The first-order chi connectivity index (χ1) is 17.7. The predicted octanol–water partition coefficient (Wildman–Crippen LogP) is 5.77. The van der Waals surface area contributed by atoms with Gasteiger partial charge in [-0.3, -0.25) is 9.79 Å². The van der Waals surface area contributed by atoms with E-state index in [1.165, 1.54) is 56.9 Å². The number of aliphatic imine (C=N–C) groups is 1. The van der Waals surface area contributed by atoms with Crippen molar-refractivity contribution in [1.82, 2.24) is 14.9 Å². The fraction of sp³-hybridized carbons (Fsp3) is 0.724. The van der Waals surface area contributed by atoms with Crippen molar-refractivity contribution in [2.24, 2.45) is 22.7 Å². The fourth-order valence-corrected chi connectivity index (χ4v) is 6.14. The number of amides is 1. The van der Waals surface area contributed by atoms with Gasteiger partial charge in [-0.2, -0.15) is 4.98 Å². The van der Waals surface area contributed by atoms with E-state index in [1.54, 1.807) is 0 Å². The molecule has 196 valence electrons. The summed E-state index contributed by atoms with van der Waals surface area (Å²) in [5, 5.41) is 7.05. The Balaban J connectivity index is 1.23. The van der Waals surface area contributed by atoms with Crippen LogP contribution in [-0.4, -0.2) is 53.2 Å². The Hall–Kier alpha value is -2.44. The lowest BCUT2D eigenvalue weighted by molar-refractivity contribution is -0.127. The van der Waals surface area contributed by atoms with E-state index in [1.807, 2.05) is 17.3 Å². The van der Waals surface area contributed by atoms with Crippen LogP contribution in [0.4, 0.5) is 11.8 Å². The molecule has 2 aliphatic carbocycles. The molecular weight excluding hydrogens is 448 g/mol. The van der Waals surface area contributed by atoms with E-state index in [2.05, 4.69) is 33.6 Å². The Kier molecular flexibility index (Phi) is 8.55. The first-order valence-corrected chi connectivity index (χ1v) is 14.5. The van der Waals surface area contributed by atoms with Crippen molar-refractivity contribution < 1.29 is 4.79 Å². The molecule has 1 aromatic rings. The average Bonchev–Trinajstić information content (AvgIpc) is 3.66. The Morgan fingerprint density at radius 1 is 1.06 bits per heavy atom. The number of nitrogens with one attached hydrogen (secondary N) is 2. The van der Waals surface area contributed by atoms with Crippen molar-refractivity contribution in [1.29, 1.82) is 0 Å². The fourth-order valence-electron chi connectivity index (χ4n) is 6.14. The number of carbonyl (C=O) groups excluding carboxylic acids is 1. The highest BCUT2D eigenvalue weighted by atomic mass is 16.2. The topological polar surface area (TPSA) is 82.5 Å². The zero-order chi connectivity index (χ0) is 24.7. The maximum Gasteiger partial charge on any atom is 0.229 e. The number of rotatable bonds is 9. The van der Waals surface area contributed by atoms with Crippen LogP contribution in [0.2, 0.25) is 0 Å². The molecule has 2 aliphatic heterocycles. The molecule has 3 unspecified atom stereocenters. The second-order valence-corrected chi connectivity index (χ2v) is 11.5. The summed E-state index contributed by atoms with van der Waals surface area (Å²) in [6, 6.07) is 0. The molecule has 1 amide bonds. The molecule has 1 saturated heterocycles. The van der Waals surface area contributed by atoms with Crippen LogP contribution in [0.5, 0.6) is 0 Å². The molecule has 2 N–H and O–H groups in total. The lowest BCUT2D eigenvalue weighted by atomic mass is 9.78. The molecule has 36 heavy (non-hydrogen) atoms. The Morgan fingerprint density at radius 2 is 1.94 bits per heavy atom. The summed E-state index contributed by atoms with van der Waals surface area (Å²) in [6.45, 7) is 5.86. The van der Waals surface area contributed by atoms with Crippen LogP contribution in [0, 0.1) is 17.8 Å². The van der Waals surface area contributed by atoms with Gasteiger partial charge in [-0.15, -0.1) is 0 Å². The Bertz CT molecular complexity index is 955. The van der Waals surface area contributed by atoms with Gasteiger partial charge in [0.1, 0.15) is 5.82 Å². The van der Waals surface area contributed by atoms with Crippen LogP contribution in [0.15, 0.2) is 23.0 Å². The summed E-state index contributed by atoms with van der Waals surface area (Å²) in [6.07, 6.45) is 20.7. The van der Waals surface area contributed by atoms with Crippen molar-refractivity contribution in [3.63, 3.8) is 0 Å². The molecule has 7 heteroatoms. The predicted molar refractivity (Wildman–Crippen MR) is 146 cm³/mol. The molecule has 0 spiro atoms. The zero-order valence-corrected chi connectivity index (χ0v) is 22.1. The van der Waals surface area contributed by atoms with Crippen LogP contribution in [0.3, 0.4) is 0 Å². The van der Waals surface area contributed by atoms with Gasteiger partial charge in [0.05, 0.1) is 5.70 Å². The van der Waals surface area contributed by atoms with Crippen molar-refractivity contribution >= 4 is 23.9 Å². The van der Waals surface area contributed by atoms with Gasteiger partial charge in [0.15, 0.2) is 0 Å². The van der Waals surface area contributed by atoms with Gasteiger partial charge in [0.2, 0.25) is 11.9 Å². The third kappa shape index (κ3) is 6.86. The van der Waals surface area contributed by atoms with E-state index in [-0.39, 0.29) is 0 Å². The standard InChI is InChI=1S/C29H44N6O/c1-21-6-2-3-7-22(10-9-21)24-13-15-30-19-25(18-24)33-29-32-20-26(23-11-12-23)28(34-29)31-14-5-17-35-16-4-8-27(35)36/h18-24H,2-17H2,1H3,(H2,31,32,33,34). The van der Waals surface area contributed by atoms with E-state index in [0.717, 1.165) is 68.8 Å². The summed E-state index contributed by atoms with van der Waals surface area (Å²) in [5.74, 6) is 4.64. The highest BCUT2D eigenvalue weighted by Gasteiger charge is 2.28. The first kappa shape index (κ1) is 25.2. The number of hydrogen-bond acceptors (Lipinski definition) is 6. The van der Waals surface area contributed by atoms with Crippen molar-refractivity contribution in [2.45, 2.75) is 89.9 Å². The van der Waals surface area contributed by atoms with Crippen molar-refractivity contribution in [3.05, 3.63) is 23.5 Å². The third-order valence-electron chi connectivity index (χ3n) is 8.53. The number of anilines is 2.